The van der Waals surface area contributed by atoms with E-state index in [1.165, 1.54) is 0 Å². The average Bonchev–Trinajstić information content (AvgIpc) is 2.94. The lowest BCUT2D eigenvalue weighted by Gasteiger charge is -1.97. The Labute approximate surface area is 115 Å². The predicted molar refractivity (Wildman–Crippen MR) is 74.2 cm³/mol. The predicted octanol–water partition coefficient (Wildman–Crippen LogP) is 2.84. The number of nitrogens with zero attached hydrogens (tertiary/aromatic N) is 2. The number of rotatable bonds is 3. The van der Waals surface area contributed by atoms with Gasteiger partial charge in [-0.25, -0.2) is 9.78 Å². The van der Waals surface area contributed by atoms with Gasteiger partial charge < -0.3 is 10.1 Å². The Balaban J connectivity index is 2.15. The number of hydrogen-bond donors (Lipinski definition) is 2. The number of aromatic amines is 1. The van der Waals surface area contributed by atoms with Crippen molar-refractivity contribution in [1.29, 1.82) is 0 Å². The first-order valence-electron chi connectivity index (χ1n) is 6.05. The van der Waals surface area contributed by atoms with Gasteiger partial charge in [-0.05, 0) is 12.1 Å². The number of pyridine rings is 1. The van der Waals surface area contributed by atoms with Crippen molar-refractivity contribution in [2.75, 3.05) is 0 Å². The molecule has 0 atom stereocenters. The third kappa shape index (κ3) is 2.16. The summed E-state index contributed by atoms with van der Waals surface area (Å²) in [5, 5.41) is 9.30. The molecule has 0 saturated heterocycles. The van der Waals surface area contributed by atoms with Crippen LogP contribution in [0.1, 0.15) is 10.5 Å². The molecule has 0 unspecified atom stereocenters. The van der Waals surface area contributed by atoms with Crippen LogP contribution >= 0.6 is 0 Å². The first-order valence-corrected chi connectivity index (χ1v) is 6.05. The van der Waals surface area contributed by atoms with Crippen LogP contribution in [0.4, 0.5) is 0 Å². The Morgan fingerprint density at radius 1 is 1.05 bits per heavy atom. The van der Waals surface area contributed by atoms with E-state index in [0.29, 0.717) is 11.5 Å². The van der Waals surface area contributed by atoms with Gasteiger partial charge in [-0.15, -0.1) is 0 Å². The molecule has 0 bridgehead atoms. The van der Waals surface area contributed by atoms with E-state index in [1.807, 2.05) is 36.4 Å². The van der Waals surface area contributed by atoms with Crippen molar-refractivity contribution in [2.24, 2.45) is 0 Å². The van der Waals surface area contributed by atoms with Crippen LogP contribution < -0.4 is 0 Å². The summed E-state index contributed by atoms with van der Waals surface area (Å²) in [5.41, 5.74) is 2.01. The van der Waals surface area contributed by atoms with E-state index >= 15 is 0 Å². The fourth-order valence-electron chi connectivity index (χ4n) is 1.97. The van der Waals surface area contributed by atoms with E-state index in [9.17, 15) is 9.90 Å². The highest BCUT2D eigenvalue weighted by atomic mass is 16.4. The lowest BCUT2D eigenvalue weighted by atomic mass is 10.1. The number of carboxylic acid groups (broad SMARTS) is 1. The Morgan fingerprint density at radius 3 is 2.45 bits per heavy atom. The third-order valence-electron chi connectivity index (χ3n) is 2.90. The number of H-pyrrole nitrogens is 1. The van der Waals surface area contributed by atoms with Crippen molar-refractivity contribution < 1.29 is 9.90 Å². The molecule has 0 saturated carbocycles. The van der Waals surface area contributed by atoms with Gasteiger partial charge in [0.1, 0.15) is 11.5 Å². The van der Waals surface area contributed by atoms with Crippen LogP contribution in [0.25, 0.3) is 22.6 Å². The van der Waals surface area contributed by atoms with E-state index in [4.69, 9.17) is 0 Å². The summed E-state index contributed by atoms with van der Waals surface area (Å²) in [5.74, 6) is -0.541. The molecule has 2 aromatic heterocycles. The van der Waals surface area contributed by atoms with Gasteiger partial charge in [0, 0.05) is 23.5 Å². The highest BCUT2D eigenvalue weighted by molar-refractivity contribution is 5.94. The summed E-state index contributed by atoms with van der Waals surface area (Å²) < 4.78 is 0. The molecule has 3 aromatic rings. The Bertz CT molecular complexity index is 736. The molecule has 0 radical (unpaired) electrons. The Morgan fingerprint density at radius 2 is 1.80 bits per heavy atom. The Hall–Kier alpha value is -2.95. The van der Waals surface area contributed by atoms with Crippen LogP contribution in [-0.4, -0.2) is 26.0 Å². The zero-order chi connectivity index (χ0) is 13.9. The highest BCUT2D eigenvalue weighted by Gasteiger charge is 2.18. The second-order valence-electron chi connectivity index (χ2n) is 4.22. The summed E-state index contributed by atoms with van der Waals surface area (Å²) >= 11 is 0. The van der Waals surface area contributed by atoms with Gasteiger partial charge in [0.15, 0.2) is 5.69 Å². The maximum absolute atomic E-state index is 11.4. The maximum Gasteiger partial charge on any atom is 0.354 e. The lowest BCUT2D eigenvalue weighted by molar-refractivity contribution is 0.0692. The topological polar surface area (TPSA) is 78.9 Å². The fraction of sp³-hybridized carbons (Fsp3) is 0. The summed E-state index contributed by atoms with van der Waals surface area (Å²) in [4.78, 5) is 22.6. The number of benzene rings is 1. The summed E-state index contributed by atoms with van der Waals surface area (Å²) in [6, 6.07) is 12.8. The van der Waals surface area contributed by atoms with Crippen LogP contribution in [-0.2, 0) is 0 Å². The minimum Gasteiger partial charge on any atom is -0.477 e. The number of carboxylic acids is 1. The number of imidazole rings is 1. The minimum absolute atomic E-state index is 0.0788. The second-order valence-corrected chi connectivity index (χ2v) is 4.22. The normalized spacial score (nSPS) is 10.4. The molecule has 0 spiro atoms. The number of carbonyl (C=O) groups is 1. The van der Waals surface area contributed by atoms with Gasteiger partial charge in [0.05, 0.1) is 0 Å². The van der Waals surface area contributed by atoms with Crippen molar-refractivity contribution in [3.63, 3.8) is 0 Å². The minimum atomic E-state index is -1.04. The van der Waals surface area contributed by atoms with Gasteiger partial charge in [-0.2, -0.15) is 0 Å². The molecule has 5 nitrogen and oxygen atoms in total. The number of nitrogens with one attached hydrogen (secondary N) is 1. The Kier molecular flexibility index (Phi) is 3.01. The van der Waals surface area contributed by atoms with Crippen molar-refractivity contribution in [3.8, 4) is 22.6 Å². The molecule has 0 amide bonds. The van der Waals surface area contributed by atoms with Crippen molar-refractivity contribution >= 4 is 5.97 Å². The highest BCUT2D eigenvalue weighted by Crippen LogP contribution is 2.25. The van der Waals surface area contributed by atoms with Crippen LogP contribution in [0.15, 0.2) is 54.9 Å². The molecule has 20 heavy (non-hydrogen) atoms. The molecule has 98 valence electrons. The zero-order valence-electron chi connectivity index (χ0n) is 10.4. The SMILES string of the molecule is O=C(O)c1[nH]c(-c2cccnc2)nc1-c1ccccc1. The van der Waals surface area contributed by atoms with Crippen LogP contribution in [0.2, 0.25) is 0 Å². The summed E-state index contributed by atoms with van der Waals surface area (Å²) in [6.07, 6.45) is 3.29. The molecular weight excluding hydrogens is 254 g/mol. The zero-order valence-corrected chi connectivity index (χ0v) is 10.4. The molecule has 0 fully saturated rings. The van der Waals surface area contributed by atoms with Crippen LogP contribution in [0, 0.1) is 0 Å². The average molecular weight is 265 g/mol. The summed E-state index contributed by atoms with van der Waals surface area (Å²) in [7, 11) is 0. The molecule has 3 rings (SSSR count). The molecule has 0 aliphatic rings. The second kappa shape index (κ2) is 4.97. The first kappa shape index (κ1) is 12.1. The van der Waals surface area contributed by atoms with E-state index in [2.05, 4.69) is 15.0 Å². The van der Waals surface area contributed by atoms with Gasteiger partial charge in [-0.1, -0.05) is 30.3 Å². The van der Waals surface area contributed by atoms with Gasteiger partial charge >= 0.3 is 5.97 Å². The molecule has 5 heteroatoms. The van der Waals surface area contributed by atoms with Crippen LogP contribution in [0.3, 0.4) is 0 Å². The number of aromatic carboxylic acids is 1. The van der Waals surface area contributed by atoms with E-state index < -0.39 is 5.97 Å². The van der Waals surface area contributed by atoms with Gasteiger partial charge in [-0.3, -0.25) is 4.98 Å². The van der Waals surface area contributed by atoms with E-state index in [0.717, 1.165) is 11.1 Å². The number of aromatic nitrogens is 3. The van der Waals surface area contributed by atoms with Crippen molar-refractivity contribution in [3.05, 3.63) is 60.6 Å². The number of hydrogen-bond acceptors (Lipinski definition) is 3. The van der Waals surface area contributed by atoms with E-state index in [-0.39, 0.29) is 5.69 Å². The standard InChI is InChI=1S/C15H11N3O2/c19-15(20)13-12(10-5-2-1-3-6-10)17-14(18-13)11-7-4-8-16-9-11/h1-9H,(H,17,18)(H,19,20). The van der Waals surface area contributed by atoms with E-state index in [1.54, 1.807) is 18.5 Å². The van der Waals surface area contributed by atoms with Crippen molar-refractivity contribution in [2.45, 2.75) is 0 Å². The van der Waals surface area contributed by atoms with Gasteiger partial charge in [0.2, 0.25) is 0 Å². The summed E-state index contributed by atoms with van der Waals surface area (Å²) in [6.45, 7) is 0. The smallest absolute Gasteiger partial charge is 0.354 e. The first-order chi connectivity index (χ1) is 9.75. The molecule has 2 heterocycles. The lowest BCUT2D eigenvalue weighted by Crippen LogP contribution is -1.99. The van der Waals surface area contributed by atoms with Crippen molar-refractivity contribution in [1.82, 2.24) is 15.0 Å². The third-order valence-corrected chi connectivity index (χ3v) is 2.90. The molecule has 1 aromatic carbocycles. The fourth-order valence-corrected chi connectivity index (χ4v) is 1.97. The molecule has 2 N–H and O–H groups in total. The van der Waals surface area contributed by atoms with Crippen LogP contribution in [0.5, 0.6) is 0 Å². The molecule has 0 aliphatic heterocycles. The molecule has 0 aliphatic carbocycles. The molecular formula is C15H11N3O2. The monoisotopic (exact) mass is 265 g/mol. The largest absolute Gasteiger partial charge is 0.477 e. The quantitative estimate of drug-likeness (QED) is 0.763. The van der Waals surface area contributed by atoms with Gasteiger partial charge in [0.25, 0.3) is 0 Å². The maximum atomic E-state index is 11.4.